The van der Waals surface area contributed by atoms with Crippen molar-refractivity contribution in [3.8, 4) is 0 Å². The van der Waals surface area contributed by atoms with E-state index in [1.54, 1.807) is 0 Å². The Morgan fingerprint density at radius 3 is 2.82 bits per heavy atom. The third-order valence-corrected chi connectivity index (χ3v) is 2.12. The molecular weight excluding hydrogens is 225 g/mol. The second-order valence-corrected chi connectivity index (χ2v) is 3.48. The zero-order chi connectivity index (χ0) is 12.8. The smallest absolute Gasteiger partial charge is 0.224 e. The molecule has 1 aromatic rings. The van der Waals surface area contributed by atoms with E-state index in [4.69, 9.17) is 10.9 Å². The van der Waals surface area contributed by atoms with Crippen LogP contribution in [-0.2, 0) is 4.79 Å². The van der Waals surface area contributed by atoms with Crippen LogP contribution in [0.3, 0.4) is 0 Å². The minimum atomic E-state index is -0.626. The van der Waals surface area contributed by atoms with E-state index >= 15 is 0 Å². The van der Waals surface area contributed by atoms with E-state index in [0.29, 0.717) is 12.8 Å². The monoisotopic (exact) mass is 239 g/mol. The predicted octanol–water partition coefficient (Wildman–Crippen LogP) is 1.66. The molecule has 1 amide bonds. The molecule has 0 atom stereocenters. The molecule has 0 saturated heterocycles. The molecule has 0 aliphatic carbocycles. The highest BCUT2D eigenvalue weighted by Gasteiger charge is 2.08. The molecule has 1 rings (SSSR count). The van der Waals surface area contributed by atoms with E-state index < -0.39 is 5.82 Å². The van der Waals surface area contributed by atoms with Gasteiger partial charge in [0.1, 0.15) is 5.82 Å². The average Bonchev–Trinajstić information content (AvgIpc) is 2.31. The molecule has 4 N–H and O–H groups in total. The molecule has 0 spiro atoms. The Morgan fingerprint density at radius 2 is 2.29 bits per heavy atom. The first-order valence-electron chi connectivity index (χ1n) is 5.15. The minimum Gasteiger partial charge on any atom is -0.409 e. The van der Waals surface area contributed by atoms with Crippen molar-refractivity contribution >= 4 is 17.4 Å². The van der Waals surface area contributed by atoms with Gasteiger partial charge in [-0.3, -0.25) is 4.79 Å². The van der Waals surface area contributed by atoms with Gasteiger partial charge < -0.3 is 16.3 Å². The number of benzene rings is 1. The summed E-state index contributed by atoms with van der Waals surface area (Å²) >= 11 is 0. The number of rotatable bonds is 4. The van der Waals surface area contributed by atoms with Crippen LogP contribution in [0.15, 0.2) is 23.4 Å². The van der Waals surface area contributed by atoms with E-state index in [1.165, 1.54) is 12.1 Å². The van der Waals surface area contributed by atoms with Gasteiger partial charge in [0.15, 0.2) is 5.84 Å². The van der Waals surface area contributed by atoms with Crippen molar-refractivity contribution in [2.45, 2.75) is 19.8 Å². The number of halogens is 1. The summed E-state index contributed by atoms with van der Waals surface area (Å²) in [6.07, 6.45) is 1.02. The minimum absolute atomic E-state index is 0.0814. The van der Waals surface area contributed by atoms with Crippen LogP contribution in [0, 0.1) is 5.82 Å². The molecule has 0 bridgehead atoms. The summed E-state index contributed by atoms with van der Waals surface area (Å²) in [7, 11) is 0. The number of nitrogens with one attached hydrogen (secondary N) is 1. The van der Waals surface area contributed by atoms with Crippen LogP contribution in [-0.4, -0.2) is 17.0 Å². The quantitative estimate of drug-likeness (QED) is 0.323. The Kier molecular flexibility index (Phi) is 4.45. The van der Waals surface area contributed by atoms with Crippen molar-refractivity contribution in [2.75, 3.05) is 5.32 Å². The maximum Gasteiger partial charge on any atom is 0.224 e. The number of nitrogens with zero attached hydrogens (tertiary/aromatic N) is 1. The molecule has 0 unspecified atom stereocenters. The number of anilines is 1. The summed E-state index contributed by atoms with van der Waals surface area (Å²) in [5, 5.41) is 13.6. The Hall–Kier alpha value is -2.11. The summed E-state index contributed by atoms with van der Waals surface area (Å²) in [6, 6.07) is 3.92. The summed E-state index contributed by atoms with van der Waals surface area (Å²) in [6.45, 7) is 1.86. The fraction of sp³-hybridized carbons (Fsp3) is 0.273. The van der Waals surface area contributed by atoms with Crippen LogP contribution < -0.4 is 11.1 Å². The van der Waals surface area contributed by atoms with Gasteiger partial charge in [0, 0.05) is 12.0 Å². The average molecular weight is 239 g/mol. The predicted molar refractivity (Wildman–Crippen MR) is 62.4 cm³/mol. The first-order chi connectivity index (χ1) is 8.08. The Labute approximate surface area is 98.1 Å². The third-order valence-electron chi connectivity index (χ3n) is 2.12. The van der Waals surface area contributed by atoms with Gasteiger partial charge in [-0.15, -0.1) is 0 Å². The van der Waals surface area contributed by atoms with Crippen molar-refractivity contribution < 1.29 is 14.4 Å². The molecule has 5 nitrogen and oxygen atoms in total. The van der Waals surface area contributed by atoms with Crippen LogP contribution in [0.5, 0.6) is 0 Å². The molecule has 0 fully saturated rings. The second-order valence-electron chi connectivity index (χ2n) is 3.48. The molecule has 0 aliphatic heterocycles. The van der Waals surface area contributed by atoms with Gasteiger partial charge in [-0.1, -0.05) is 12.1 Å². The summed E-state index contributed by atoms with van der Waals surface area (Å²) < 4.78 is 13.5. The maximum absolute atomic E-state index is 13.5. The molecule has 1 aromatic carbocycles. The van der Waals surface area contributed by atoms with Crippen molar-refractivity contribution in [3.63, 3.8) is 0 Å². The lowest BCUT2D eigenvalue weighted by Crippen LogP contribution is -2.15. The number of nitrogens with two attached hydrogens (primary N) is 1. The van der Waals surface area contributed by atoms with E-state index in [2.05, 4.69) is 10.5 Å². The zero-order valence-corrected chi connectivity index (χ0v) is 9.40. The zero-order valence-electron chi connectivity index (χ0n) is 9.40. The first-order valence-corrected chi connectivity index (χ1v) is 5.15. The molecule has 17 heavy (non-hydrogen) atoms. The number of hydrogen-bond acceptors (Lipinski definition) is 3. The van der Waals surface area contributed by atoms with Gasteiger partial charge in [0.05, 0.1) is 5.69 Å². The number of carbonyl (C=O) groups excluding carboxylic acids is 1. The highest BCUT2D eigenvalue weighted by molar-refractivity contribution is 5.98. The second kappa shape index (κ2) is 5.83. The van der Waals surface area contributed by atoms with Crippen molar-refractivity contribution in [2.24, 2.45) is 10.9 Å². The van der Waals surface area contributed by atoms with E-state index in [0.717, 1.165) is 6.07 Å². The summed E-state index contributed by atoms with van der Waals surface area (Å²) in [4.78, 5) is 11.3. The summed E-state index contributed by atoms with van der Waals surface area (Å²) in [5.74, 6) is -1.06. The van der Waals surface area contributed by atoms with Gasteiger partial charge in [-0.25, -0.2) is 4.39 Å². The standard InChI is InChI=1S/C11H14FN3O2/c1-2-3-10(16)14-9-5-4-7(6-8(9)12)11(13)15-17/h4-6,17H,2-3H2,1H3,(H2,13,15)(H,14,16). The van der Waals surface area contributed by atoms with E-state index in [9.17, 15) is 9.18 Å². The fourth-order valence-corrected chi connectivity index (χ4v) is 1.27. The lowest BCUT2D eigenvalue weighted by Gasteiger charge is -2.07. The molecule has 0 saturated carbocycles. The maximum atomic E-state index is 13.5. The van der Waals surface area contributed by atoms with Gasteiger partial charge in [-0.05, 0) is 24.6 Å². The third kappa shape index (κ3) is 3.44. The molecule has 92 valence electrons. The van der Waals surface area contributed by atoms with E-state index in [-0.39, 0.29) is 23.0 Å². The Bertz CT molecular complexity index is 446. The van der Waals surface area contributed by atoms with Crippen LogP contribution in [0.2, 0.25) is 0 Å². The molecule has 0 heterocycles. The number of oxime groups is 1. The van der Waals surface area contributed by atoms with Crippen LogP contribution >= 0.6 is 0 Å². The van der Waals surface area contributed by atoms with Crippen molar-refractivity contribution in [3.05, 3.63) is 29.6 Å². The van der Waals surface area contributed by atoms with Gasteiger partial charge in [-0.2, -0.15) is 0 Å². The van der Waals surface area contributed by atoms with Gasteiger partial charge in [0.25, 0.3) is 0 Å². The number of carbonyl (C=O) groups is 1. The van der Waals surface area contributed by atoms with Crippen molar-refractivity contribution in [1.29, 1.82) is 0 Å². The van der Waals surface area contributed by atoms with Gasteiger partial charge >= 0.3 is 0 Å². The fourth-order valence-electron chi connectivity index (χ4n) is 1.27. The Morgan fingerprint density at radius 1 is 1.59 bits per heavy atom. The molecule has 6 heteroatoms. The topological polar surface area (TPSA) is 87.7 Å². The SMILES string of the molecule is CCCC(=O)Nc1ccc(/C(N)=N/O)cc1F. The van der Waals surface area contributed by atoms with E-state index in [1.807, 2.05) is 6.92 Å². The lowest BCUT2D eigenvalue weighted by molar-refractivity contribution is -0.116. The van der Waals surface area contributed by atoms with Crippen LogP contribution in [0.4, 0.5) is 10.1 Å². The number of amidine groups is 1. The van der Waals surface area contributed by atoms with Crippen LogP contribution in [0.25, 0.3) is 0 Å². The highest BCUT2D eigenvalue weighted by atomic mass is 19.1. The highest BCUT2D eigenvalue weighted by Crippen LogP contribution is 2.16. The Balaban J connectivity index is 2.87. The van der Waals surface area contributed by atoms with Crippen molar-refractivity contribution in [1.82, 2.24) is 0 Å². The lowest BCUT2D eigenvalue weighted by atomic mass is 10.2. The van der Waals surface area contributed by atoms with Crippen LogP contribution in [0.1, 0.15) is 25.3 Å². The first kappa shape index (κ1) is 13.0. The molecule has 0 aliphatic rings. The summed E-state index contributed by atoms with van der Waals surface area (Å²) in [5.41, 5.74) is 5.64. The molecule has 0 radical (unpaired) electrons. The molecule has 0 aromatic heterocycles. The van der Waals surface area contributed by atoms with Gasteiger partial charge in [0.2, 0.25) is 5.91 Å². The largest absolute Gasteiger partial charge is 0.409 e. The molecular formula is C11H14FN3O2. The number of hydrogen-bond donors (Lipinski definition) is 3. The number of amides is 1. The normalized spacial score (nSPS) is 11.3.